The summed E-state index contributed by atoms with van der Waals surface area (Å²) in [6, 6.07) is 7.21. The lowest BCUT2D eigenvalue weighted by molar-refractivity contribution is -0.130. The first-order valence-electron chi connectivity index (χ1n) is 7.43. The molecule has 1 saturated carbocycles. The molecule has 3 heteroatoms. The van der Waals surface area contributed by atoms with Gasteiger partial charge >= 0.3 is 0 Å². The lowest BCUT2D eigenvalue weighted by Gasteiger charge is -2.32. The Kier molecular flexibility index (Phi) is 5.09. The van der Waals surface area contributed by atoms with E-state index in [0.29, 0.717) is 16.7 Å². The van der Waals surface area contributed by atoms with Crippen molar-refractivity contribution in [1.82, 2.24) is 0 Å². The van der Waals surface area contributed by atoms with E-state index in [0.717, 1.165) is 25.2 Å². The van der Waals surface area contributed by atoms with Gasteiger partial charge in [-0.3, -0.25) is 4.79 Å². The normalized spacial score (nSPS) is 27.9. The molecule has 0 N–H and O–H groups in total. The molecule has 0 heterocycles. The summed E-state index contributed by atoms with van der Waals surface area (Å²) in [7, 11) is 0. The quantitative estimate of drug-likeness (QED) is 0.801. The summed E-state index contributed by atoms with van der Waals surface area (Å²) in [6.45, 7) is 6.36. The van der Waals surface area contributed by atoms with Crippen LogP contribution in [-0.4, -0.2) is 11.9 Å². The monoisotopic (exact) mass is 294 g/mol. The van der Waals surface area contributed by atoms with Gasteiger partial charge in [-0.05, 0) is 56.2 Å². The molecule has 1 aliphatic rings. The minimum Gasteiger partial charge on any atom is -0.483 e. The van der Waals surface area contributed by atoms with E-state index in [9.17, 15) is 4.79 Å². The molecule has 0 aliphatic heterocycles. The van der Waals surface area contributed by atoms with Crippen molar-refractivity contribution in [2.75, 3.05) is 0 Å². The number of ether oxygens (including phenoxy) is 1. The van der Waals surface area contributed by atoms with Gasteiger partial charge in [0.05, 0.1) is 0 Å². The van der Waals surface area contributed by atoms with Crippen molar-refractivity contribution in [2.24, 2.45) is 17.8 Å². The average molecular weight is 295 g/mol. The topological polar surface area (TPSA) is 26.3 Å². The summed E-state index contributed by atoms with van der Waals surface area (Å²) in [5.74, 6) is 2.38. The Balaban J connectivity index is 1.95. The number of carbonyl (C=O) groups is 1. The Morgan fingerprint density at radius 1 is 1.30 bits per heavy atom. The van der Waals surface area contributed by atoms with Gasteiger partial charge < -0.3 is 4.74 Å². The fraction of sp³-hybridized carbons (Fsp3) is 0.588. The van der Waals surface area contributed by atoms with E-state index in [-0.39, 0.29) is 11.7 Å². The van der Waals surface area contributed by atoms with Crippen molar-refractivity contribution in [3.63, 3.8) is 0 Å². The van der Waals surface area contributed by atoms with Gasteiger partial charge in [0.25, 0.3) is 0 Å². The van der Waals surface area contributed by atoms with Gasteiger partial charge in [-0.1, -0.05) is 31.5 Å². The SMILES string of the molecule is CC(Oc1cccc(Cl)c1)C(=O)C1CCC(C)C(C)C1. The van der Waals surface area contributed by atoms with E-state index < -0.39 is 6.10 Å². The zero-order valence-corrected chi connectivity index (χ0v) is 13.2. The first-order chi connectivity index (χ1) is 9.47. The standard InChI is InChI=1S/C17H23ClO2/c1-11-7-8-14(9-12(11)2)17(19)13(3)20-16-6-4-5-15(18)10-16/h4-6,10-14H,7-9H2,1-3H3. The number of ketones is 1. The molecule has 1 aliphatic carbocycles. The molecule has 0 aromatic heterocycles. The lowest BCUT2D eigenvalue weighted by Crippen LogP contribution is -2.34. The third-order valence-corrected chi connectivity index (χ3v) is 4.75. The molecular weight excluding hydrogens is 272 g/mol. The van der Waals surface area contributed by atoms with Crippen LogP contribution in [-0.2, 0) is 4.79 Å². The predicted molar refractivity (Wildman–Crippen MR) is 82.2 cm³/mol. The van der Waals surface area contributed by atoms with E-state index in [1.807, 2.05) is 19.1 Å². The molecule has 1 aromatic rings. The van der Waals surface area contributed by atoms with Crippen molar-refractivity contribution < 1.29 is 9.53 Å². The van der Waals surface area contributed by atoms with Crippen LogP contribution in [0.15, 0.2) is 24.3 Å². The fourth-order valence-electron chi connectivity index (χ4n) is 2.94. The van der Waals surface area contributed by atoms with Crippen molar-refractivity contribution in [3.8, 4) is 5.75 Å². The second kappa shape index (κ2) is 6.62. The largest absolute Gasteiger partial charge is 0.483 e. The number of rotatable bonds is 4. The molecule has 0 spiro atoms. The second-order valence-electron chi connectivity index (χ2n) is 6.08. The van der Waals surface area contributed by atoms with Crippen molar-refractivity contribution in [1.29, 1.82) is 0 Å². The predicted octanol–water partition coefficient (Wildman–Crippen LogP) is 4.75. The molecule has 1 fully saturated rings. The van der Waals surface area contributed by atoms with Crippen LogP contribution >= 0.6 is 11.6 Å². The van der Waals surface area contributed by atoms with Crippen molar-refractivity contribution >= 4 is 17.4 Å². The van der Waals surface area contributed by atoms with Crippen LogP contribution in [0.2, 0.25) is 5.02 Å². The maximum atomic E-state index is 12.5. The number of hydrogen-bond donors (Lipinski definition) is 0. The van der Waals surface area contributed by atoms with Gasteiger partial charge in [0.2, 0.25) is 0 Å². The van der Waals surface area contributed by atoms with Crippen LogP contribution in [0.3, 0.4) is 0 Å². The Hall–Kier alpha value is -1.02. The highest BCUT2D eigenvalue weighted by Gasteiger charge is 2.32. The van der Waals surface area contributed by atoms with Crippen molar-refractivity contribution in [3.05, 3.63) is 29.3 Å². The number of Topliss-reactive ketones (excluding diaryl/α,β-unsaturated/α-hetero) is 1. The zero-order chi connectivity index (χ0) is 14.7. The first kappa shape index (κ1) is 15.4. The Bertz CT molecular complexity index is 472. The molecule has 0 amide bonds. The minimum atomic E-state index is -0.404. The highest BCUT2D eigenvalue weighted by Crippen LogP contribution is 2.34. The molecule has 4 unspecified atom stereocenters. The minimum absolute atomic E-state index is 0.149. The number of hydrogen-bond acceptors (Lipinski definition) is 2. The van der Waals surface area contributed by atoms with Crippen LogP contribution in [0.1, 0.15) is 40.0 Å². The van der Waals surface area contributed by atoms with Gasteiger partial charge in [0, 0.05) is 10.9 Å². The lowest BCUT2D eigenvalue weighted by atomic mass is 9.74. The van der Waals surface area contributed by atoms with Gasteiger partial charge in [-0.25, -0.2) is 0 Å². The van der Waals surface area contributed by atoms with Gasteiger partial charge in [-0.15, -0.1) is 0 Å². The molecule has 0 radical (unpaired) electrons. The second-order valence-corrected chi connectivity index (χ2v) is 6.52. The molecule has 2 nitrogen and oxygen atoms in total. The van der Waals surface area contributed by atoms with Gasteiger partial charge in [0.15, 0.2) is 11.9 Å². The Labute approximate surface area is 126 Å². The molecule has 1 aromatic carbocycles. The smallest absolute Gasteiger partial charge is 0.176 e. The Morgan fingerprint density at radius 3 is 2.70 bits per heavy atom. The average Bonchev–Trinajstić information content (AvgIpc) is 2.41. The summed E-state index contributed by atoms with van der Waals surface area (Å²) in [5, 5.41) is 0.627. The molecule has 20 heavy (non-hydrogen) atoms. The highest BCUT2D eigenvalue weighted by molar-refractivity contribution is 6.30. The van der Waals surface area contributed by atoms with Gasteiger partial charge in [-0.2, -0.15) is 0 Å². The summed E-state index contributed by atoms with van der Waals surface area (Å²) in [5.41, 5.74) is 0. The number of benzene rings is 1. The van der Waals surface area contributed by atoms with E-state index in [1.54, 1.807) is 12.1 Å². The molecule has 2 rings (SSSR count). The first-order valence-corrected chi connectivity index (χ1v) is 7.81. The van der Waals surface area contributed by atoms with E-state index in [4.69, 9.17) is 16.3 Å². The van der Waals surface area contributed by atoms with E-state index in [2.05, 4.69) is 13.8 Å². The maximum absolute atomic E-state index is 12.5. The summed E-state index contributed by atoms with van der Waals surface area (Å²) >= 11 is 5.93. The van der Waals surface area contributed by atoms with Crippen LogP contribution in [0.4, 0.5) is 0 Å². The summed E-state index contributed by atoms with van der Waals surface area (Å²) in [6.07, 6.45) is 2.72. The summed E-state index contributed by atoms with van der Waals surface area (Å²) in [4.78, 5) is 12.5. The third-order valence-electron chi connectivity index (χ3n) is 4.51. The Morgan fingerprint density at radius 2 is 2.05 bits per heavy atom. The third kappa shape index (κ3) is 3.76. The zero-order valence-electron chi connectivity index (χ0n) is 12.4. The van der Waals surface area contributed by atoms with Crippen molar-refractivity contribution in [2.45, 2.75) is 46.1 Å². The molecule has 110 valence electrons. The molecule has 0 saturated heterocycles. The molecule has 4 atom stereocenters. The van der Waals surface area contributed by atoms with E-state index in [1.165, 1.54) is 0 Å². The van der Waals surface area contributed by atoms with Crippen LogP contribution < -0.4 is 4.74 Å². The van der Waals surface area contributed by atoms with Crippen LogP contribution in [0.25, 0.3) is 0 Å². The highest BCUT2D eigenvalue weighted by atomic mass is 35.5. The van der Waals surface area contributed by atoms with Crippen LogP contribution in [0, 0.1) is 17.8 Å². The number of halogens is 1. The van der Waals surface area contributed by atoms with Crippen LogP contribution in [0.5, 0.6) is 5.75 Å². The molecular formula is C17H23ClO2. The fourth-order valence-corrected chi connectivity index (χ4v) is 3.12. The van der Waals surface area contributed by atoms with Gasteiger partial charge in [0.1, 0.15) is 5.75 Å². The molecule has 0 bridgehead atoms. The van der Waals surface area contributed by atoms with E-state index >= 15 is 0 Å². The maximum Gasteiger partial charge on any atom is 0.176 e. The summed E-state index contributed by atoms with van der Waals surface area (Å²) < 4.78 is 5.74. The number of carbonyl (C=O) groups excluding carboxylic acids is 1.